The molecule has 160 valence electrons. The number of fused-ring (bicyclic) bond motifs is 1. The molecule has 2 aromatic heterocycles. The highest BCUT2D eigenvalue weighted by Crippen LogP contribution is 2.63. The van der Waals surface area contributed by atoms with Gasteiger partial charge in [0.05, 0.1) is 22.0 Å². The van der Waals surface area contributed by atoms with Crippen LogP contribution in [0.3, 0.4) is 0 Å². The highest BCUT2D eigenvalue weighted by molar-refractivity contribution is 7.08. The van der Waals surface area contributed by atoms with Crippen molar-refractivity contribution in [3.8, 4) is 0 Å². The van der Waals surface area contributed by atoms with Crippen LogP contribution in [0.4, 0.5) is 11.6 Å². The summed E-state index contributed by atoms with van der Waals surface area (Å²) in [6, 6.07) is 7.35. The zero-order valence-corrected chi connectivity index (χ0v) is 19.0. The third-order valence-corrected chi connectivity index (χ3v) is 8.29. The molecular weight excluding hydrogens is 451 g/mol. The van der Waals surface area contributed by atoms with Crippen LogP contribution in [-0.4, -0.2) is 35.3 Å². The Hall–Kier alpha value is -2.19. The molecule has 2 fully saturated rings. The highest BCUT2D eigenvalue weighted by atomic mass is 35.5. The standard InChI is InChI=1S/C22H22Cl2N6S/c23-16-3-1-2-13(18(16)24)19(26)20-21(27)29-17(8-28-20)30-6-4-14-15(9-30)22(14,11-25)12-5-7-31-10-12/h1-3,5,7-8,10,14-15,26H,4,6,9,11,25H2,(H2,27,29). The molecule has 3 heterocycles. The fourth-order valence-corrected chi connectivity index (χ4v) is 6.27. The van der Waals surface area contributed by atoms with Gasteiger partial charge in [-0.3, -0.25) is 5.41 Å². The summed E-state index contributed by atoms with van der Waals surface area (Å²) in [4.78, 5) is 11.3. The van der Waals surface area contributed by atoms with Gasteiger partial charge in [-0.05, 0) is 46.7 Å². The first-order valence-electron chi connectivity index (χ1n) is 10.1. The summed E-state index contributed by atoms with van der Waals surface area (Å²) in [6.07, 6.45) is 2.76. The minimum Gasteiger partial charge on any atom is -0.382 e. The van der Waals surface area contributed by atoms with Crippen LogP contribution in [0.5, 0.6) is 0 Å². The van der Waals surface area contributed by atoms with Crippen LogP contribution in [0, 0.1) is 17.2 Å². The zero-order valence-electron chi connectivity index (χ0n) is 16.7. The average Bonchev–Trinajstić information content (AvgIpc) is 3.11. The molecule has 0 spiro atoms. The van der Waals surface area contributed by atoms with Crippen molar-refractivity contribution >= 4 is 51.9 Å². The van der Waals surface area contributed by atoms with Crippen molar-refractivity contribution in [1.29, 1.82) is 5.41 Å². The number of nitrogens with one attached hydrogen (secondary N) is 1. The first-order chi connectivity index (χ1) is 15.0. The molecule has 6 nitrogen and oxygen atoms in total. The molecule has 5 rings (SSSR count). The lowest BCUT2D eigenvalue weighted by molar-refractivity contribution is 0.545. The van der Waals surface area contributed by atoms with Crippen LogP contribution in [0.2, 0.25) is 10.0 Å². The molecule has 0 amide bonds. The van der Waals surface area contributed by atoms with Crippen molar-refractivity contribution in [2.45, 2.75) is 11.8 Å². The van der Waals surface area contributed by atoms with E-state index in [1.807, 2.05) is 0 Å². The van der Waals surface area contributed by atoms with Crippen LogP contribution < -0.4 is 16.4 Å². The summed E-state index contributed by atoms with van der Waals surface area (Å²) in [6.45, 7) is 2.43. The molecule has 1 aromatic carbocycles. The lowest BCUT2D eigenvalue weighted by Gasteiger charge is -2.27. The number of anilines is 2. The van der Waals surface area contributed by atoms with Gasteiger partial charge in [-0.1, -0.05) is 35.3 Å². The van der Waals surface area contributed by atoms with Gasteiger partial charge in [-0.25, -0.2) is 9.97 Å². The molecule has 5 N–H and O–H groups in total. The molecule has 0 radical (unpaired) electrons. The number of nitrogens with zero attached hydrogens (tertiary/aromatic N) is 3. The molecule has 3 atom stereocenters. The molecule has 9 heteroatoms. The minimum atomic E-state index is 0.0825. The minimum absolute atomic E-state index is 0.0825. The van der Waals surface area contributed by atoms with E-state index >= 15 is 0 Å². The van der Waals surface area contributed by atoms with Gasteiger partial charge in [0.15, 0.2) is 5.82 Å². The molecule has 1 saturated heterocycles. The maximum atomic E-state index is 8.51. The van der Waals surface area contributed by atoms with E-state index in [1.54, 1.807) is 35.7 Å². The number of benzene rings is 1. The molecule has 1 aliphatic carbocycles. The van der Waals surface area contributed by atoms with E-state index in [2.05, 4.69) is 31.7 Å². The fraction of sp³-hybridized carbons (Fsp3) is 0.318. The van der Waals surface area contributed by atoms with Crippen LogP contribution in [0.25, 0.3) is 0 Å². The van der Waals surface area contributed by atoms with Gasteiger partial charge in [0, 0.05) is 30.6 Å². The topological polar surface area (TPSA) is 105 Å². The van der Waals surface area contributed by atoms with Crippen molar-refractivity contribution < 1.29 is 0 Å². The summed E-state index contributed by atoms with van der Waals surface area (Å²) in [5, 5.41) is 13.6. The first-order valence-corrected chi connectivity index (χ1v) is 11.8. The molecule has 31 heavy (non-hydrogen) atoms. The van der Waals surface area contributed by atoms with Gasteiger partial charge in [0.2, 0.25) is 0 Å². The van der Waals surface area contributed by atoms with E-state index in [0.717, 1.165) is 25.3 Å². The SMILES string of the molecule is N=C(c1cccc(Cl)c1Cl)c1ncc(N2CCC3C(C2)C3(CN)c2ccsc2)nc1N. The fourth-order valence-electron chi connectivity index (χ4n) is 5.13. The number of nitrogen functional groups attached to an aromatic ring is 1. The van der Waals surface area contributed by atoms with Gasteiger partial charge in [-0.2, -0.15) is 11.3 Å². The van der Waals surface area contributed by atoms with Crippen LogP contribution in [0.1, 0.15) is 23.2 Å². The number of halogens is 2. The van der Waals surface area contributed by atoms with Crippen molar-refractivity contribution in [3.63, 3.8) is 0 Å². The van der Waals surface area contributed by atoms with Crippen molar-refractivity contribution in [2.75, 3.05) is 30.3 Å². The van der Waals surface area contributed by atoms with Crippen molar-refractivity contribution in [3.05, 3.63) is 68.1 Å². The van der Waals surface area contributed by atoms with Gasteiger partial charge < -0.3 is 16.4 Å². The van der Waals surface area contributed by atoms with E-state index < -0.39 is 0 Å². The number of hydrogen-bond donors (Lipinski definition) is 3. The van der Waals surface area contributed by atoms with Crippen LogP contribution >= 0.6 is 34.5 Å². The van der Waals surface area contributed by atoms with E-state index in [1.165, 1.54) is 5.56 Å². The third kappa shape index (κ3) is 3.22. The van der Waals surface area contributed by atoms with Gasteiger partial charge in [0.25, 0.3) is 0 Å². The lowest BCUT2D eigenvalue weighted by Crippen LogP contribution is -2.33. The Morgan fingerprint density at radius 3 is 2.84 bits per heavy atom. The van der Waals surface area contributed by atoms with Gasteiger partial charge in [-0.15, -0.1) is 0 Å². The quantitative estimate of drug-likeness (QED) is 0.482. The number of aromatic nitrogens is 2. The van der Waals surface area contributed by atoms with E-state index in [0.29, 0.717) is 39.7 Å². The second-order valence-corrected chi connectivity index (χ2v) is 9.71. The summed E-state index contributed by atoms with van der Waals surface area (Å²) in [5.41, 5.74) is 14.8. The number of piperidine rings is 1. The van der Waals surface area contributed by atoms with Crippen LogP contribution in [0.15, 0.2) is 41.2 Å². The number of thiophene rings is 1. The Bertz CT molecular complexity index is 1150. The summed E-state index contributed by atoms with van der Waals surface area (Å²) < 4.78 is 0. The summed E-state index contributed by atoms with van der Waals surface area (Å²) >= 11 is 14.1. The predicted molar refractivity (Wildman–Crippen MR) is 128 cm³/mol. The molecule has 0 bridgehead atoms. The molecular formula is C22H22Cl2N6S. The third-order valence-electron chi connectivity index (χ3n) is 6.79. The number of hydrogen-bond acceptors (Lipinski definition) is 7. The van der Waals surface area contributed by atoms with Crippen molar-refractivity contribution in [2.24, 2.45) is 17.6 Å². The lowest BCUT2D eigenvalue weighted by atomic mass is 9.94. The molecule has 2 aliphatic rings. The van der Waals surface area contributed by atoms with Crippen LogP contribution in [-0.2, 0) is 5.41 Å². The largest absolute Gasteiger partial charge is 0.382 e. The number of rotatable bonds is 5. The highest BCUT2D eigenvalue weighted by Gasteiger charge is 2.65. The molecule has 1 saturated carbocycles. The summed E-state index contributed by atoms with van der Waals surface area (Å²) in [5.74, 6) is 2.06. The maximum absolute atomic E-state index is 8.51. The maximum Gasteiger partial charge on any atom is 0.154 e. The van der Waals surface area contributed by atoms with Crippen molar-refractivity contribution in [1.82, 2.24) is 9.97 Å². The average molecular weight is 473 g/mol. The Morgan fingerprint density at radius 2 is 2.13 bits per heavy atom. The Labute approximate surface area is 194 Å². The van der Waals surface area contributed by atoms with E-state index in [9.17, 15) is 0 Å². The molecule has 1 aliphatic heterocycles. The first kappa shape index (κ1) is 20.7. The van der Waals surface area contributed by atoms with Gasteiger partial charge >= 0.3 is 0 Å². The number of nitrogens with two attached hydrogens (primary N) is 2. The monoisotopic (exact) mass is 472 g/mol. The van der Waals surface area contributed by atoms with E-state index in [-0.39, 0.29) is 16.9 Å². The Morgan fingerprint density at radius 1 is 1.29 bits per heavy atom. The second-order valence-electron chi connectivity index (χ2n) is 8.14. The zero-order chi connectivity index (χ0) is 21.8. The predicted octanol–water partition coefficient (Wildman–Crippen LogP) is 4.20. The Balaban J connectivity index is 1.38. The molecule has 3 unspecified atom stereocenters. The molecule has 3 aromatic rings. The smallest absolute Gasteiger partial charge is 0.154 e. The second kappa shape index (κ2) is 7.74. The van der Waals surface area contributed by atoms with Gasteiger partial charge in [0.1, 0.15) is 11.5 Å². The Kier molecular flexibility index (Phi) is 5.17. The normalized spacial score (nSPS) is 24.7. The summed E-state index contributed by atoms with van der Waals surface area (Å²) in [7, 11) is 0. The van der Waals surface area contributed by atoms with E-state index in [4.69, 9.17) is 40.1 Å².